The predicted octanol–water partition coefficient (Wildman–Crippen LogP) is 2.45. The van der Waals surface area contributed by atoms with E-state index in [1.807, 2.05) is 4.90 Å². The van der Waals surface area contributed by atoms with Crippen LogP contribution < -0.4 is 5.32 Å². The molecule has 1 N–H and O–H groups in total. The Morgan fingerprint density at radius 3 is 2.54 bits per heavy atom. The molecule has 3 heterocycles. The van der Waals surface area contributed by atoms with E-state index >= 15 is 0 Å². The number of amides is 1. The minimum Gasteiger partial charge on any atom is -0.357 e. The maximum Gasteiger partial charge on any atom is 0.236 e. The molecule has 6 nitrogen and oxygen atoms in total. The molecule has 1 unspecified atom stereocenters. The minimum atomic E-state index is 0.304. The van der Waals surface area contributed by atoms with Gasteiger partial charge in [0.15, 0.2) is 5.96 Å². The number of guanidine groups is 1. The Morgan fingerprint density at radius 1 is 1.14 bits per heavy atom. The van der Waals surface area contributed by atoms with Gasteiger partial charge in [-0.15, -0.1) is 11.3 Å². The van der Waals surface area contributed by atoms with Gasteiger partial charge in [-0.05, 0) is 37.6 Å². The van der Waals surface area contributed by atoms with E-state index in [-0.39, 0.29) is 0 Å². The third kappa shape index (κ3) is 5.95. The van der Waals surface area contributed by atoms with Gasteiger partial charge >= 0.3 is 0 Å². The van der Waals surface area contributed by atoms with Gasteiger partial charge in [-0.1, -0.05) is 13.0 Å². The SMILES string of the molecule is CCNC(=NCC(C)c1cccs1)N1CCN(CC(=O)N2CCCCC2)CC1. The van der Waals surface area contributed by atoms with Gasteiger partial charge in [-0.2, -0.15) is 0 Å². The van der Waals surface area contributed by atoms with E-state index in [9.17, 15) is 4.79 Å². The van der Waals surface area contributed by atoms with Crippen LogP contribution in [0.3, 0.4) is 0 Å². The summed E-state index contributed by atoms with van der Waals surface area (Å²) in [4.78, 5) is 25.5. The average Bonchev–Trinajstić information content (AvgIpc) is 3.27. The van der Waals surface area contributed by atoms with Crippen LogP contribution in [-0.4, -0.2) is 85.5 Å². The Balaban J connectivity index is 1.48. The molecule has 1 aromatic rings. The summed E-state index contributed by atoms with van der Waals surface area (Å²) in [5.74, 6) is 1.75. The molecular weight excluding hydrogens is 370 g/mol. The Hall–Kier alpha value is -1.60. The largest absolute Gasteiger partial charge is 0.357 e. The number of aliphatic imine (C=N–C) groups is 1. The van der Waals surface area contributed by atoms with Crippen molar-refractivity contribution in [3.05, 3.63) is 22.4 Å². The van der Waals surface area contributed by atoms with E-state index in [1.165, 1.54) is 11.3 Å². The van der Waals surface area contributed by atoms with Crippen molar-refractivity contribution in [2.75, 3.05) is 58.9 Å². The molecule has 7 heteroatoms. The molecule has 0 spiro atoms. The number of hydrogen-bond acceptors (Lipinski definition) is 4. The van der Waals surface area contributed by atoms with Crippen LogP contribution in [0.15, 0.2) is 22.5 Å². The van der Waals surface area contributed by atoms with Crippen molar-refractivity contribution in [3.8, 4) is 0 Å². The summed E-state index contributed by atoms with van der Waals surface area (Å²) in [5, 5.41) is 5.58. The smallest absolute Gasteiger partial charge is 0.236 e. The van der Waals surface area contributed by atoms with Crippen LogP contribution in [-0.2, 0) is 4.79 Å². The molecular formula is C21H35N5OS. The summed E-state index contributed by atoms with van der Waals surface area (Å²) in [6, 6.07) is 4.30. The monoisotopic (exact) mass is 405 g/mol. The first-order valence-electron chi connectivity index (χ1n) is 10.7. The number of carbonyl (C=O) groups is 1. The highest BCUT2D eigenvalue weighted by Crippen LogP contribution is 2.20. The normalized spacial score (nSPS) is 20.3. The second kappa shape index (κ2) is 10.8. The highest BCUT2D eigenvalue weighted by molar-refractivity contribution is 7.10. The lowest BCUT2D eigenvalue weighted by Gasteiger charge is -2.37. The Morgan fingerprint density at radius 2 is 1.89 bits per heavy atom. The van der Waals surface area contributed by atoms with Gasteiger partial charge in [0.25, 0.3) is 0 Å². The van der Waals surface area contributed by atoms with Crippen LogP contribution >= 0.6 is 11.3 Å². The fourth-order valence-corrected chi connectivity index (χ4v) is 4.64. The molecule has 28 heavy (non-hydrogen) atoms. The average molecular weight is 406 g/mol. The number of piperidine rings is 1. The van der Waals surface area contributed by atoms with Gasteiger partial charge < -0.3 is 15.1 Å². The number of carbonyl (C=O) groups excluding carboxylic acids is 1. The molecule has 3 rings (SSSR count). The number of rotatable bonds is 6. The van der Waals surface area contributed by atoms with Crippen molar-refractivity contribution in [1.82, 2.24) is 20.0 Å². The zero-order valence-electron chi connectivity index (χ0n) is 17.4. The Bertz CT molecular complexity index is 619. The zero-order chi connectivity index (χ0) is 19.8. The molecule has 0 bridgehead atoms. The van der Waals surface area contributed by atoms with Crippen LogP contribution in [0.1, 0.15) is 43.9 Å². The number of nitrogens with one attached hydrogen (secondary N) is 1. The Kier molecular flexibility index (Phi) is 8.15. The molecule has 1 amide bonds. The van der Waals surface area contributed by atoms with Crippen molar-refractivity contribution in [3.63, 3.8) is 0 Å². The molecule has 2 saturated heterocycles. The quantitative estimate of drug-likeness (QED) is 0.583. The molecule has 0 aliphatic carbocycles. The fraction of sp³-hybridized carbons (Fsp3) is 0.714. The van der Waals surface area contributed by atoms with E-state index < -0.39 is 0 Å². The van der Waals surface area contributed by atoms with E-state index in [0.717, 1.165) is 71.2 Å². The molecule has 1 atom stereocenters. The molecule has 2 aliphatic heterocycles. The van der Waals surface area contributed by atoms with Crippen LogP contribution in [0.2, 0.25) is 0 Å². The third-order valence-electron chi connectivity index (χ3n) is 5.62. The topological polar surface area (TPSA) is 51.2 Å². The van der Waals surface area contributed by atoms with E-state index in [0.29, 0.717) is 18.4 Å². The summed E-state index contributed by atoms with van der Waals surface area (Å²) >= 11 is 1.80. The van der Waals surface area contributed by atoms with Crippen LogP contribution in [0.5, 0.6) is 0 Å². The molecule has 0 saturated carbocycles. The maximum absolute atomic E-state index is 12.5. The first-order chi connectivity index (χ1) is 13.7. The van der Waals surface area contributed by atoms with Crippen molar-refractivity contribution >= 4 is 23.2 Å². The van der Waals surface area contributed by atoms with E-state index in [4.69, 9.17) is 4.99 Å². The van der Waals surface area contributed by atoms with Gasteiger partial charge in [0.1, 0.15) is 0 Å². The maximum atomic E-state index is 12.5. The van der Waals surface area contributed by atoms with Crippen molar-refractivity contribution in [2.24, 2.45) is 4.99 Å². The van der Waals surface area contributed by atoms with Crippen LogP contribution in [0.25, 0.3) is 0 Å². The van der Waals surface area contributed by atoms with Gasteiger partial charge in [0.2, 0.25) is 5.91 Å². The summed E-state index contributed by atoms with van der Waals surface area (Å²) in [6.45, 7) is 12.2. The van der Waals surface area contributed by atoms with Crippen molar-refractivity contribution in [2.45, 2.75) is 39.0 Å². The van der Waals surface area contributed by atoms with Crippen molar-refractivity contribution < 1.29 is 4.79 Å². The lowest BCUT2D eigenvalue weighted by Crippen LogP contribution is -2.54. The minimum absolute atomic E-state index is 0.304. The first-order valence-corrected chi connectivity index (χ1v) is 11.6. The first kappa shape index (κ1) is 21.1. The summed E-state index contributed by atoms with van der Waals surface area (Å²) in [5.41, 5.74) is 0. The molecule has 1 aromatic heterocycles. The number of likely N-dealkylation sites (tertiary alicyclic amines) is 1. The molecule has 2 fully saturated rings. The highest BCUT2D eigenvalue weighted by Gasteiger charge is 2.24. The number of nitrogens with zero attached hydrogens (tertiary/aromatic N) is 4. The predicted molar refractivity (Wildman–Crippen MR) is 117 cm³/mol. The van der Waals surface area contributed by atoms with Gasteiger partial charge in [-0.25, -0.2) is 0 Å². The van der Waals surface area contributed by atoms with Crippen LogP contribution in [0.4, 0.5) is 0 Å². The lowest BCUT2D eigenvalue weighted by atomic mass is 10.1. The third-order valence-corrected chi connectivity index (χ3v) is 6.72. The number of hydrogen-bond donors (Lipinski definition) is 1. The molecule has 2 aliphatic rings. The fourth-order valence-electron chi connectivity index (χ4n) is 3.86. The van der Waals surface area contributed by atoms with Gasteiger partial charge in [-0.3, -0.25) is 14.7 Å². The van der Waals surface area contributed by atoms with Gasteiger partial charge in [0, 0.05) is 56.6 Å². The van der Waals surface area contributed by atoms with E-state index in [1.54, 1.807) is 11.3 Å². The van der Waals surface area contributed by atoms with Gasteiger partial charge in [0.05, 0.1) is 13.1 Å². The number of piperazine rings is 1. The lowest BCUT2D eigenvalue weighted by molar-refractivity contribution is -0.133. The highest BCUT2D eigenvalue weighted by atomic mass is 32.1. The molecule has 0 aromatic carbocycles. The summed E-state index contributed by atoms with van der Waals surface area (Å²) < 4.78 is 0. The summed E-state index contributed by atoms with van der Waals surface area (Å²) in [6.07, 6.45) is 3.58. The number of thiophene rings is 1. The van der Waals surface area contributed by atoms with E-state index in [2.05, 4.69) is 46.5 Å². The Labute approximate surface area is 173 Å². The molecule has 156 valence electrons. The summed E-state index contributed by atoms with van der Waals surface area (Å²) in [7, 11) is 0. The standard InChI is InChI=1S/C21H35N5OS/c1-3-22-21(23-16-18(2)19-8-7-15-28-19)26-13-11-24(12-14-26)17-20(27)25-9-5-4-6-10-25/h7-8,15,18H,3-6,9-14,16-17H2,1-2H3,(H,22,23). The zero-order valence-corrected chi connectivity index (χ0v) is 18.2. The second-order valence-electron chi connectivity index (χ2n) is 7.82. The molecule has 0 radical (unpaired) electrons. The van der Waals surface area contributed by atoms with Crippen molar-refractivity contribution in [1.29, 1.82) is 0 Å². The second-order valence-corrected chi connectivity index (χ2v) is 8.80. The van der Waals surface area contributed by atoms with Crippen LogP contribution in [0, 0.1) is 0 Å².